The van der Waals surface area contributed by atoms with Crippen molar-refractivity contribution >= 4 is 11.9 Å². The first kappa shape index (κ1) is 13.5. The zero-order chi connectivity index (χ0) is 14.0. The van der Waals surface area contributed by atoms with Crippen LogP contribution in [0.3, 0.4) is 0 Å². The van der Waals surface area contributed by atoms with Crippen LogP contribution in [0.1, 0.15) is 35.2 Å². The summed E-state index contributed by atoms with van der Waals surface area (Å²) in [4.78, 5) is 22.9. The number of carboxylic acids is 1. The molecule has 5 heteroatoms. The average molecular weight is 265 g/mol. The number of carbonyl (C=O) groups excluding carboxylic acids is 1. The van der Waals surface area contributed by atoms with E-state index >= 15 is 0 Å². The first-order valence-electron chi connectivity index (χ1n) is 6.27. The lowest BCUT2D eigenvalue weighted by Gasteiger charge is -2.13. The smallest absolute Gasteiger partial charge is 0.306 e. The van der Waals surface area contributed by atoms with E-state index in [0.29, 0.717) is 30.4 Å². The van der Waals surface area contributed by atoms with Gasteiger partial charge in [-0.1, -0.05) is 6.07 Å². The first-order chi connectivity index (χ1) is 8.97. The summed E-state index contributed by atoms with van der Waals surface area (Å²) in [6, 6.07) is 3.92. The summed E-state index contributed by atoms with van der Waals surface area (Å²) in [6.45, 7) is 1.74. The van der Waals surface area contributed by atoms with Crippen molar-refractivity contribution in [2.45, 2.75) is 32.2 Å². The van der Waals surface area contributed by atoms with Crippen LogP contribution in [0.25, 0.3) is 0 Å². The Morgan fingerprint density at radius 2 is 2.11 bits per heavy atom. The largest absolute Gasteiger partial charge is 0.481 e. The number of nitrogens with one attached hydrogen (secondary N) is 1. The molecule has 1 aromatic carbocycles. The maximum Gasteiger partial charge on any atom is 0.306 e. The van der Waals surface area contributed by atoms with Gasteiger partial charge in [-0.15, -0.1) is 0 Å². The molecule has 2 N–H and O–H groups in total. The molecule has 102 valence electrons. The molecule has 4 nitrogen and oxygen atoms in total. The molecule has 0 heterocycles. The molecule has 1 saturated carbocycles. The van der Waals surface area contributed by atoms with Gasteiger partial charge in [0.15, 0.2) is 0 Å². The lowest BCUT2D eigenvalue weighted by atomic mass is 10.1. The first-order valence-corrected chi connectivity index (χ1v) is 6.27. The van der Waals surface area contributed by atoms with Crippen LogP contribution < -0.4 is 5.32 Å². The second-order valence-corrected chi connectivity index (χ2v) is 4.98. The molecule has 0 bridgehead atoms. The van der Waals surface area contributed by atoms with E-state index in [9.17, 15) is 14.0 Å². The average Bonchev–Trinajstić information content (AvgIpc) is 2.80. The maximum absolute atomic E-state index is 13.1. The molecular formula is C14H16FNO3. The Bertz CT molecular complexity index is 515. The van der Waals surface area contributed by atoms with Gasteiger partial charge in [0.05, 0.1) is 5.92 Å². The topological polar surface area (TPSA) is 66.4 Å². The zero-order valence-electron chi connectivity index (χ0n) is 10.6. The van der Waals surface area contributed by atoms with Gasteiger partial charge in [0.2, 0.25) is 0 Å². The number of benzene rings is 1. The van der Waals surface area contributed by atoms with Crippen LogP contribution in [0, 0.1) is 18.7 Å². The van der Waals surface area contributed by atoms with Gasteiger partial charge < -0.3 is 10.4 Å². The number of hydrogen-bond acceptors (Lipinski definition) is 2. The van der Waals surface area contributed by atoms with Crippen LogP contribution in [0.5, 0.6) is 0 Å². The van der Waals surface area contributed by atoms with Crippen molar-refractivity contribution in [3.63, 3.8) is 0 Å². The number of amides is 1. The number of carboxylic acid groups (broad SMARTS) is 1. The van der Waals surface area contributed by atoms with Crippen molar-refractivity contribution in [1.29, 1.82) is 0 Å². The minimum atomic E-state index is -0.821. The van der Waals surface area contributed by atoms with E-state index in [1.807, 2.05) is 0 Å². The molecule has 1 aliphatic carbocycles. The number of rotatable bonds is 3. The summed E-state index contributed by atoms with van der Waals surface area (Å²) < 4.78 is 13.1. The molecule has 1 fully saturated rings. The monoisotopic (exact) mass is 265 g/mol. The van der Waals surface area contributed by atoms with E-state index in [-0.39, 0.29) is 17.9 Å². The number of halogens is 1. The molecule has 0 spiro atoms. The van der Waals surface area contributed by atoms with Gasteiger partial charge >= 0.3 is 5.97 Å². The molecule has 2 rings (SSSR count). The Kier molecular flexibility index (Phi) is 3.83. The van der Waals surface area contributed by atoms with E-state index < -0.39 is 11.8 Å². The Labute approximate surface area is 110 Å². The number of hydrogen-bond donors (Lipinski definition) is 2. The summed E-state index contributed by atoms with van der Waals surface area (Å²) in [5, 5.41) is 11.7. The summed E-state index contributed by atoms with van der Waals surface area (Å²) in [7, 11) is 0. The van der Waals surface area contributed by atoms with Crippen molar-refractivity contribution in [2.24, 2.45) is 5.92 Å². The molecular weight excluding hydrogens is 249 g/mol. The predicted molar refractivity (Wildman–Crippen MR) is 67.4 cm³/mol. The fraction of sp³-hybridized carbons (Fsp3) is 0.429. The van der Waals surface area contributed by atoms with Crippen molar-refractivity contribution in [1.82, 2.24) is 5.32 Å². The van der Waals surface area contributed by atoms with Gasteiger partial charge in [0.25, 0.3) is 5.91 Å². The quantitative estimate of drug-likeness (QED) is 0.879. The zero-order valence-corrected chi connectivity index (χ0v) is 10.6. The minimum Gasteiger partial charge on any atom is -0.481 e. The van der Waals surface area contributed by atoms with Crippen LogP contribution in [-0.2, 0) is 4.79 Å². The highest BCUT2D eigenvalue weighted by molar-refractivity contribution is 5.95. The summed E-state index contributed by atoms with van der Waals surface area (Å²) in [5.74, 6) is -2.00. The molecule has 1 amide bonds. The van der Waals surface area contributed by atoms with Crippen LogP contribution in [0.2, 0.25) is 0 Å². The van der Waals surface area contributed by atoms with Gasteiger partial charge in [-0.3, -0.25) is 9.59 Å². The molecule has 0 unspecified atom stereocenters. The Morgan fingerprint density at radius 1 is 1.37 bits per heavy atom. The Hall–Kier alpha value is -1.91. The normalized spacial score (nSPS) is 22.2. The highest BCUT2D eigenvalue weighted by atomic mass is 19.1. The lowest BCUT2D eigenvalue weighted by molar-refractivity contribution is -0.141. The van der Waals surface area contributed by atoms with Gasteiger partial charge in [-0.2, -0.15) is 0 Å². The highest BCUT2D eigenvalue weighted by Gasteiger charge is 2.30. The van der Waals surface area contributed by atoms with Gasteiger partial charge in [-0.25, -0.2) is 4.39 Å². The molecule has 2 atom stereocenters. The summed E-state index contributed by atoms with van der Waals surface area (Å²) in [6.07, 6.45) is 1.66. The van der Waals surface area contributed by atoms with Crippen LogP contribution >= 0.6 is 0 Å². The molecule has 0 aliphatic heterocycles. The standard InChI is InChI=1S/C14H16FNO3/c1-8-2-4-10(15)7-12(8)13(17)16-11-5-3-9(6-11)14(18)19/h2,4,7,9,11H,3,5-6H2,1H3,(H,16,17)(H,18,19)/t9-,11-/m1/s1. The van der Waals surface area contributed by atoms with E-state index in [0.717, 1.165) is 0 Å². The van der Waals surface area contributed by atoms with Crippen LogP contribution in [-0.4, -0.2) is 23.0 Å². The summed E-state index contributed by atoms with van der Waals surface area (Å²) in [5.41, 5.74) is 1.01. The Morgan fingerprint density at radius 3 is 2.74 bits per heavy atom. The van der Waals surface area contributed by atoms with Gasteiger partial charge in [-0.05, 0) is 43.9 Å². The fourth-order valence-electron chi connectivity index (χ4n) is 2.44. The third-order valence-corrected chi connectivity index (χ3v) is 3.56. The molecule has 0 aromatic heterocycles. The molecule has 19 heavy (non-hydrogen) atoms. The Balaban J connectivity index is 2.02. The third kappa shape index (κ3) is 3.10. The van der Waals surface area contributed by atoms with Gasteiger partial charge in [0.1, 0.15) is 5.82 Å². The minimum absolute atomic E-state index is 0.142. The number of carbonyl (C=O) groups is 2. The van der Waals surface area contributed by atoms with Crippen molar-refractivity contribution in [3.05, 3.63) is 35.1 Å². The molecule has 0 radical (unpaired) electrons. The lowest BCUT2D eigenvalue weighted by Crippen LogP contribution is -2.33. The number of aryl methyl sites for hydroxylation is 1. The second kappa shape index (κ2) is 5.38. The third-order valence-electron chi connectivity index (χ3n) is 3.56. The van der Waals surface area contributed by atoms with E-state index in [1.54, 1.807) is 13.0 Å². The van der Waals surface area contributed by atoms with Crippen LogP contribution in [0.4, 0.5) is 4.39 Å². The van der Waals surface area contributed by atoms with Gasteiger partial charge in [0, 0.05) is 11.6 Å². The van der Waals surface area contributed by atoms with Crippen LogP contribution in [0.15, 0.2) is 18.2 Å². The molecule has 1 aliphatic rings. The van der Waals surface area contributed by atoms with Crippen molar-refractivity contribution in [2.75, 3.05) is 0 Å². The second-order valence-electron chi connectivity index (χ2n) is 4.98. The summed E-state index contributed by atoms with van der Waals surface area (Å²) >= 11 is 0. The van der Waals surface area contributed by atoms with Crippen molar-refractivity contribution in [3.8, 4) is 0 Å². The predicted octanol–water partition coefficient (Wildman–Crippen LogP) is 2.12. The molecule has 0 saturated heterocycles. The fourth-order valence-corrected chi connectivity index (χ4v) is 2.44. The van der Waals surface area contributed by atoms with E-state index in [2.05, 4.69) is 5.32 Å². The molecule has 1 aromatic rings. The van der Waals surface area contributed by atoms with E-state index in [4.69, 9.17) is 5.11 Å². The van der Waals surface area contributed by atoms with Crippen molar-refractivity contribution < 1.29 is 19.1 Å². The number of aliphatic carboxylic acids is 1. The van der Waals surface area contributed by atoms with E-state index in [1.165, 1.54) is 12.1 Å². The highest BCUT2D eigenvalue weighted by Crippen LogP contribution is 2.26. The maximum atomic E-state index is 13.1. The SMILES string of the molecule is Cc1ccc(F)cc1C(=O)N[C@@H]1CC[C@@H](C(=O)O)C1.